The molecule has 0 saturated heterocycles. The highest BCUT2D eigenvalue weighted by molar-refractivity contribution is 5.90. The van der Waals surface area contributed by atoms with Gasteiger partial charge in [0.05, 0.1) is 12.9 Å². The van der Waals surface area contributed by atoms with Gasteiger partial charge >= 0.3 is 0 Å². The molecule has 0 fully saturated rings. The summed E-state index contributed by atoms with van der Waals surface area (Å²) < 4.78 is 4.92. The highest BCUT2D eigenvalue weighted by atomic mass is 16.5. The first kappa shape index (κ1) is 11.0. The standard InChI is InChI=1S/C10H16O2/c1-4-10(11)9(3)7-6-8-12-5-2/h4-5,9H,1-2,6-8H2,3H3. The first-order valence-electron chi connectivity index (χ1n) is 4.11. The molecule has 0 aromatic heterocycles. The number of hydrogen-bond acceptors (Lipinski definition) is 2. The van der Waals surface area contributed by atoms with E-state index in [-0.39, 0.29) is 11.7 Å². The fourth-order valence-corrected chi connectivity index (χ4v) is 0.900. The number of ketones is 1. The van der Waals surface area contributed by atoms with E-state index in [1.165, 1.54) is 12.3 Å². The van der Waals surface area contributed by atoms with E-state index < -0.39 is 0 Å². The SMILES string of the molecule is C=COCCCC(C)C(=O)C=C. The zero-order chi connectivity index (χ0) is 9.40. The minimum atomic E-state index is 0.0657. The molecule has 0 aromatic carbocycles. The maximum absolute atomic E-state index is 11.0. The molecule has 0 bridgehead atoms. The van der Waals surface area contributed by atoms with Crippen LogP contribution in [0.2, 0.25) is 0 Å². The average molecular weight is 168 g/mol. The van der Waals surface area contributed by atoms with Crippen LogP contribution in [0.25, 0.3) is 0 Å². The van der Waals surface area contributed by atoms with Gasteiger partial charge in [0, 0.05) is 5.92 Å². The van der Waals surface area contributed by atoms with Crippen LogP contribution in [0.15, 0.2) is 25.5 Å². The number of carbonyl (C=O) groups is 1. The highest BCUT2D eigenvalue weighted by Gasteiger charge is 2.07. The monoisotopic (exact) mass is 168 g/mol. The average Bonchev–Trinajstić information content (AvgIpc) is 2.10. The van der Waals surface area contributed by atoms with E-state index in [0.717, 1.165) is 12.8 Å². The van der Waals surface area contributed by atoms with Crippen LogP contribution < -0.4 is 0 Å². The zero-order valence-corrected chi connectivity index (χ0v) is 7.58. The third-order valence-corrected chi connectivity index (χ3v) is 1.70. The van der Waals surface area contributed by atoms with Crippen LogP contribution in [0.5, 0.6) is 0 Å². The number of allylic oxidation sites excluding steroid dienone is 1. The van der Waals surface area contributed by atoms with Gasteiger partial charge in [0.2, 0.25) is 0 Å². The molecule has 0 rings (SSSR count). The summed E-state index contributed by atoms with van der Waals surface area (Å²) in [5.74, 6) is 0.171. The predicted octanol–water partition coefficient (Wildman–Crippen LogP) is 2.32. The van der Waals surface area contributed by atoms with Gasteiger partial charge in [0.15, 0.2) is 5.78 Å². The van der Waals surface area contributed by atoms with Crippen LogP contribution >= 0.6 is 0 Å². The number of rotatable bonds is 7. The summed E-state index contributed by atoms with van der Waals surface area (Å²) in [6, 6.07) is 0. The van der Waals surface area contributed by atoms with Crippen LogP contribution in [-0.2, 0) is 9.53 Å². The van der Waals surface area contributed by atoms with E-state index in [9.17, 15) is 4.79 Å². The van der Waals surface area contributed by atoms with Gasteiger partial charge in [-0.1, -0.05) is 20.1 Å². The summed E-state index contributed by atoms with van der Waals surface area (Å²) in [6.45, 7) is 9.39. The number of ether oxygens (including phenoxy) is 1. The smallest absolute Gasteiger partial charge is 0.157 e. The van der Waals surface area contributed by atoms with Crippen LogP contribution in [0.1, 0.15) is 19.8 Å². The van der Waals surface area contributed by atoms with E-state index in [0.29, 0.717) is 6.61 Å². The van der Waals surface area contributed by atoms with Crippen molar-refractivity contribution in [1.82, 2.24) is 0 Å². The van der Waals surface area contributed by atoms with Crippen LogP contribution in [0.3, 0.4) is 0 Å². The molecule has 0 amide bonds. The number of hydrogen-bond donors (Lipinski definition) is 0. The minimum absolute atomic E-state index is 0.0657. The van der Waals surface area contributed by atoms with E-state index in [4.69, 9.17) is 4.74 Å². The molecule has 0 aromatic rings. The summed E-state index contributed by atoms with van der Waals surface area (Å²) in [4.78, 5) is 11.0. The van der Waals surface area contributed by atoms with Crippen molar-refractivity contribution in [2.45, 2.75) is 19.8 Å². The van der Waals surface area contributed by atoms with Gasteiger partial charge in [0.25, 0.3) is 0 Å². The maximum atomic E-state index is 11.0. The first-order valence-corrected chi connectivity index (χ1v) is 4.11. The summed E-state index contributed by atoms with van der Waals surface area (Å²) >= 11 is 0. The Bertz CT molecular complexity index is 161. The third-order valence-electron chi connectivity index (χ3n) is 1.70. The van der Waals surface area contributed by atoms with Gasteiger partial charge < -0.3 is 4.74 Å². The minimum Gasteiger partial charge on any atom is -0.502 e. The lowest BCUT2D eigenvalue weighted by Crippen LogP contribution is -2.08. The van der Waals surface area contributed by atoms with Gasteiger partial charge in [-0.25, -0.2) is 0 Å². The second-order valence-corrected chi connectivity index (χ2v) is 2.69. The Morgan fingerprint density at radius 3 is 2.75 bits per heavy atom. The molecule has 1 atom stereocenters. The number of carbonyl (C=O) groups excluding carboxylic acids is 1. The Kier molecular flexibility index (Phi) is 6.07. The Morgan fingerprint density at radius 2 is 2.25 bits per heavy atom. The lowest BCUT2D eigenvalue weighted by molar-refractivity contribution is -0.117. The molecule has 0 N–H and O–H groups in total. The molecule has 0 aliphatic rings. The molecular formula is C10H16O2. The van der Waals surface area contributed by atoms with Crippen molar-refractivity contribution in [1.29, 1.82) is 0 Å². The van der Waals surface area contributed by atoms with Gasteiger partial charge in [-0.2, -0.15) is 0 Å². The fraction of sp³-hybridized carbons (Fsp3) is 0.500. The van der Waals surface area contributed by atoms with E-state index in [1.54, 1.807) is 0 Å². The molecule has 0 saturated carbocycles. The van der Waals surface area contributed by atoms with Crippen LogP contribution in [0.4, 0.5) is 0 Å². The van der Waals surface area contributed by atoms with Crippen molar-refractivity contribution in [3.05, 3.63) is 25.5 Å². The van der Waals surface area contributed by atoms with E-state index in [2.05, 4.69) is 13.2 Å². The third kappa shape index (κ3) is 4.72. The Hall–Kier alpha value is -1.05. The summed E-state index contributed by atoms with van der Waals surface area (Å²) in [7, 11) is 0. The maximum Gasteiger partial charge on any atom is 0.157 e. The zero-order valence-electron chi connectivity index (χ0n) is 7.58. The first-order chi connectivity index (χ1) is 5.72. The second kappa shape index (κ2) is 6.65. The molecule has 0 radical (unpaired) electrons. The lowest BCUT2D eigenvalue weighted by Gasteiger charge is -2.06. The molecular weight excluding hydrogens is 152 g/mol. The molecule has 2 heteroatoms. The van der Waals surface area contributed by atoms with Crippen LogP contribution in [-0.4, -0.2) is 12.4 Å². The van der Waals surface area contributed by atoms with E-state index in [1.807, 2.05) is 6.92 Å². The van der Waals surface area contributed by atoms with Crippen molar-refractivity contribution >= 4 is 5.78 Å². The normalized spacial score (nSPS) is 11.8. The Labute approximate surface area is 73.9 Å². The molecule has 0 heterocycles. The van der Waals surface area contributed by atoms with Crippen molar-refractivity contribution in [2.75, 3.05) is 6.61 Å². The van der Waals surface area contributed by atoms with Gasteiger partial charge in [0.1, 0.15) is 0 Å². The topological polar surface area (TPSA) is 26.3 Å². The van der Waals surface area contributed by atoms with Gasteiger partial charge in [-0.15, -0.1) is 0 Å². The van der Waals surface area contributed by atoms with Crippen molar-refractivity contribution < 1.29 is 9.53 Å². The molecule has 12 heavy (non-hydrogen) atoms. The fourth-order valence-electron chi connectivity index (χ4n) is 0.900. The Morgan fingerprint density at radius 1 is 1.58 bits per heavy atom. The molecule has 1 unspecified atom stereocenters. The van der Waals surface area contributed by atoms with Crippen LogP contribution in [0, 0.1) is 5.92 Å². The van der Waals surface area contributed by atoms with Gasteiger partial charge in [-0.05, 0) is 18.9 Å². The summed E-state index contributed by atoms with van der Waals surface area (Å²) in [6.07, 6.45) is 4.52. The van der Waals surface area contributed by atoms with Gasteiger partial charge in [-0.3, -0.25) is 4.79 Å². The highest BCUT2D eigenvalue weighted by Crippen LogP contribution is 2.07. The van der Waals surface area contributed by atoms with E-state index >= 15 is 0 Å². The predicted molar refractivity (Wildman–Crippen MR) is 49.8 cm³/mol. The molecule has 0 spiro atoms. The van der Waals surface area contributed by atoms with Crippen molar-refractivity contribution in [3.63, 3.8) is 0 Å². The largest absolute Gasteiger partial charge is 0.502 e. The van der Waals surface area contributed by atoms with Crippen molar-refractivity contribution in [3.8, 4) is 0 Å². The molecule has 0 aliphatic heterocycles. The summed E-state index contributed by atoms with van der Waals surface area (Å²) in [5.41, 5.74) is 0. The molecule has 0 aliphatic carbocycles. The molecule has 2 nitrogen and oxygen atoms in total. The summed E-state index contributed by atoms with van der Waals surface area (Å²) in [5, 5.41) is 0. The quantitative estimate of drug-likeness (QED) is 0.331. The Balaban J connectivity index is 3.42. The lowest BCUT2D eigenvalue weighted by atomic mass is 10.0. The molecule has 68 valence electrons. The van der Waals surface area contributed by atoms with Crippen molar-refractivity contribution in [2.24, 2.45) is 5.92 Å². The second-order valence-electron chi connectivity index (χ2n) is 2.69.